The first-order chi connectivity index (χ1) is 20.0. The van der Waals surface area contributed by atoms with Crippen LogP contribution in [0.3, 0.4) is 0 Å². The summed E-state index contributed by atoms with van der Waals surface area (Å²) in [4.78, 5) is 28.9. The summed E-state index contributed by atoms with van der Waals surface area (Å²) in [5, 5.41) is 3.00. The molecule has 3 rings (SSSR count). The lowest BCUT2D eigenvalue weighted by molar-refractivity contribution is -0.141. The van der Waals surface area contributed by atoms with Crippen molar-refractivity contribution in [3.63, 3.8) is 0 Å². The standard InChI is InChI=1S/C33H42FN3O4S/c1-5-25(3)35-33(39)31(23-27-13-8-7-9-14-27)36(24-28-15-10-11-16-30(28)34)32(38)17-12-22-37(42(4,40)41)29-20-18-26(6-2)19-21-29/h7-11,13-16,18-21,25,31H,5-6,12,17,22-24H2,1-4H3,(H,35,39)/t25-,31+/m0/s1. The van der Waals surface area contributed by atoms with Gasteiger partial charge >= 0.3 is 0 Å². The van der Waals surface area contributed by atoms with E-state index in [1.54, 1.807) is 30.3 Å². The highest BCUT2D eigenvalue weighted by molar-refractivity contribution is 7.92. The molecule has 0 heterocycles. The largest absolute Gasteiger partial charge is 0.352 e. The minimum absolute atomic E-state index is 0.0184. The second-order valence-electron chi connectivity index (χ2n) is 10.6. The molecule has 0 saturated carbocycles. The lowest BCUT2D eigenvalue weighted by atomic mass is 10.0. The highest BCUT2D eigenvalue weighted by atomic mass is 32.2. The van der Waals surface area contributed by atoms with Gasteiger partial charge in [-0.2, -0.15) is 0 Å². The molecular formula is C33H42FN3O4S. The van der Waals surface area contributed by atoms with Crippen molar-refractivity contribution in [3.8, 4) is 0 Å². The molecule has 0 aliphatic carbocycles. The van der Waals surface area contributed by atoms with Crippen molar-refractivity contribution in [2.75, 3.05) is 17.1 Å². The number of sulfonamides is 1. The van der Waals surface area contributed by atoms with E-state index < -0.39 is 21.9 Å². The first-order valence-corrected chi connectivity index (χ1v) is 16.3. The summed E-state index contributed by atoms with van der Waals surface area (Å²) in [7, 11) is -3.60. The van der Waals surface area contributed by atoms with Gasteiger partial charge in [0.15, 0.2) is 0 Å². The van der Waals surface area contributed by atoms with E-state index in [9.17, 15) is 22.4 Å². The van der Waals surface area contributed by atoms with Gasteiger partial charge in [0.1, 0.15) is 11.9 Å². The van der Waals surface area contributed by atoms with Crippen LogP contribution in [-0.2, 0) is 39.0 Å². The summed E-state index contributed by atoms with van der Waals surface area (Å²) in [6, 6.07) is 21.9. The molecule has 2 amide bonds. The molecule has 0 spiro atoms. The predicted molar refractivity (Wildman–Crippen MR) is 166 cm³/mol. The molecule has 2 atom stereocenters. The van der Waals surface area contributed by atoms with Crippen molar-refractivity contribution >= 4 is 27.5 Å². The fourth-order valence-corrected chi connectivity index (χ4v) is 5.67. The van der Waals surface area contributed by atoms with E-state index >= 15 is 0 Å². The van der Waals surface area contributed by atoms with Gasteiger partial charge in [0.2, 0.25) is 21.8 Å². The second-order valence-corrected chi connectivity index (χ2v) is 12.5. The van der Waals surface area contributed by atoms with Crippen LogP contribution in [0, 0.1) is 5.82 Å². The van der Waals surface area contributed by atoms with Crippen LogP contribution in [0.2, 0.25) is 0 Å². The molecule has 42 heavy (non-hydrogen) atoms. The van der Waals surface area contributed by atoms with E-state index in [-0.39, 0.29) is 50.2 Å². The van der Waals surface area contributed by atoms with Crippen LogP contribution in [0.4, 0.5) is 10.1 Å². The third-order valence-corrected chi connectivity index (χ3v) is 8.55. The monoisotopic (exact) mass is 595 g/mol. The van der Waals surface area contributed by atoms with Crippen molar-refractivity contribution in [3.05, 3.63) is 101 Å². The highest BCUT2D eigenvalue weighted by Gasteiger charge is 2.31. The molecule has 0 aliphatic rings. The van der Waals surface area contributed by atoms with Crippen molar-refractivity contribution < 1.29 is 22.4 Å². The quantitative estimate of drug-likeness (QED) is 0.252. The SMILES string of the molecule is CCc1ccc(N(CCCC(=O)N(Cc2ccccc2F)[C@H](Cc2ccccc2)C(=O)N[C@@H](C)CC)S(C)(=O)=O)cc1. The van der Waals surface area contributed by atoms with Gasteiger partial charge < -0.3 is 10.2 Å². The van der Waals surface area contributed by atoms with E-state index in [4.69, 9.17) is 0 Å². The van der Waals surface area contributed by atoms with Gasteiger partial charge in [-0.25, -0.2) is 12.8 Å². The molecule has 0 fully saturated rings. The Morgan fingerprint density at radius 3 is 2.14 bits per heavy atom. The number of hydrogen-bond donors (Lipinski definition) is 1. The number of benzene rings is 3. The zero-order valence-corrected chi connectivity index (χ0v) is 25.7. The van der Waals surface area contributed by atoms with E-state index in [1.807, 2.05) is 63.2 Å². The fraction of sp³-hybridized carbons (Fsp3) is 0.394. The van der Waals surface area contributed by atoms with Crippen LogP contribution in [0.25, 0.3) is 0 Å². The molecule has 1 N–H and O–H groups in total. The summed E-state index contributed by atoms with van der Waals surface area (Å²) in [6.45, 7) is 5.88. The number of amides is 2. The lowest BCUT2D eigenvalue weighted by Crippen LogP contribution is -2.52. The van der Waals surface area contributed by atoms with Gasteiger partial charge in [-0.15, -0.1) is 0 Å². The molecule has 3 aromatic rings. The maximum Gasteiger partial charge on any atom is 0.243 e. The second kappa shape index (κ2) is 15.5. The Hall–Kier alpha value is -3.72. The summed E-state index contributed by atoms with van der Waals surface area (Å²) in [6.07, 6.45) is 3.15. The number of hydrogen-bond acceptors (Lipinski definition) is 4. The van der Waals surface area contributed by atoms with E-state index in [0.29, 0.717) is 17.7 Å². The maximum atomic E-state index is 14.8. The van der Waals surface area contributed by atoms with Gasteiger partial charge in [-0.05, 0) is 55.5 Å². The van der Waals surface area contributed by atoms with Gasteiger partial charge in [0.25, 0.3) is 0 Å². The highest BCUT2D eigenvalue weighted by Crippen LogP contribution is 2.21. The number of carbonyl (C=O) groups is 2. The molecule has 226 valence electrons. The summed E-state index contributed by atoms with van der Waals surface area (Å²) < 4.78 is 41.4. The van der Waals surface area contributed by atoms with Gasteiger partial charge in [0, 0.05) is 37.5 Å². The van der Waals surface area contributed by atoms with Crippen LogP contribution in [-0.4, -0.2) is 50.0 Å². The predicted octanol–water partition coefficient (Wildman–Crippen LogP) is 5.49. The number of halogens is 1. The Bertz CT molecular complexity index is 1410. The number of anilines is 1. The van der Waals surface area contributed by atoms with Crippen LogP contribution < -0.4 is 9.62 Å². The molecule has 3 aromatic carbocycles. The first kappa shape index (κ1) is 32.8. The normalized spacial score (nSPS) is 12.8. The average Bonchev–Trinajstić information content (AvgIpc) is 2.97. The van der Waals surface area contributed by atoms with Crippen LogP contribution in [0.1, 0.15) is 56.7 Å². The van der Waals surface area contributed by atoms with E-state index in [2.05, 4.69) is 5.32 Å². The van der Waals surface area contributed by atoms with Crippen molar-refractivity contribution in [1.29, 1.82) is 0 Å². The smallest absolute Gasteiger partial charge is 0.243 e. The fourth-order valence-electron chi connectivity index (χ4n) is 4.71. The summed E-state index contributed by atoms with van der Waals surface area (Å²) >= 11 is 0. The summed E-state index contributed by atoms with van der Waals surface area (Å²) in [5.41, 5.74) is 2.78. The first-order valence-electron chi connectivity index (χ1n) is 14.5. The summed E-state index contributed by atoms with van der Waals surface area (Å²) in [5.74, 6) is -1.13. The number of carbonyl (C=O) groups excluding carboxylic acids is 2. The Morgan fingerprint density at radius 1 is 0.905 bits per heavy atom. The van der Waals surface area contributed by atoms with Crippen molar-refractivity contribution in [2.24, 2.45) is 0 Å². The van der Waals surface area contributed by atoms with Crippen molar-refractivity contribution in [1.82, 2.24) is 10.2 Å². The van der Waals surface area contributed by atoms with Crippen LogP contribution >= 0.6 is 0 Å². The Morgan fingerprint density at radius 2 is 1.55 bits per heavy atom. The van der Waals surface area contributed by atoms with E-state index in [0.717, 1.165) is 23.8 Å². The van der Waals surface area contributed by atoms with E-state index in [1.165, 1.54) is 15.3 Å². The number of nitrogens with zero attached hydrogens (tertiary/aromatic N) is 2. The minimum atomic E-state index is -3.60. The number of aryl methyl sites for hydroxylation is 1. The molecule has 9 heteroatoms. The topological polar surface area (TPSA) is 86.8 Å². The minimum Gasteiger partial charge on any atom is -0.352 e. The maximum absolute atomic E-state index is 14.8. The molecule has 0 aliphatic heterocycles. The molecular weight excluding hydrogens is 553 g/mol. The molecule has 7 nitrogen and oxygen atoms in total. The molecule has 0 radical (unpaired) electrons. The third kappa shape index (κ3) is 9.41. The average molecular weight is 596 g/mol. The zero-order chi connectivity index (χ0) is 30.7. The van der Waals surface area contributed by atoms with Crippen molar-refractivity contribution in [2.45, 2.75) is 71.5 Å². The lowest BCUT2D eigenvalue weighted by Gasteiger charge is -2.33. The molecule has 0 bridgehead atoms. The van der Waals surface area contributed by atoms with Gasteiger partial charge in [0.05, 0.1) is 11.9 Å². The molecule has 0 aromatic heterocycles. The molecule has 0 unspecified atom stereocenters. The third-order valence-electron chi connectivity index (χ3n) is 7.36. The zero-order valence-electron chi connectivity index (χ0n) is 24.9. The molecule has 0 saturated heterocycles. The number of rotatable bonds is 15. The Labute approximate surface area is 249 Å². The number of nitrogens with one attached hydrogen (secondary N) is 1. The Balaban J connectivity index is 1.89. The van der Waals surface area contributed by atoms with Crippen LogP contribution in [0.15, 0.2) is 78.9 Å². The Kier molecular flexibility index (Phi) is 12.1. The van der Waals surface area contributed by atoms with Gasteiger partial charge in [-0.1, -0.05) is 74.5 Å². The van der Waals surface area contributed by atoms with Gasteiger partial charge in [-0.3, -0.25) is 13.9 Å². The van der Waals surface area contributed by atoms with Crippen LogP contribution in [0.5, 0.6) is 0 Å².